The van der Waals surface area contributed by atoms with E-state index in [1.807, 2.05) is 11.3 Å². The predicted molar refractivity (Wildman–Crippen MR) is 89.1 cm³/mol. The fourth-order valence-electron chi connectivity index (χ4n) is 4.60. The minimum atomic E-state index is 0.492. The Labute approximate surface area is 132 Å². The molecule has 1 aromatic heterocycles. The second kappa shape index (κ2) is 5.88. The molecule has 0 spiro atoms. The van der Waals surface area contributed by atoms with E-state index in [9.17, 15) is 0 Å². The van der Waals surface area contributed by atoms with E-state index < -0.39 is 0 Å². The van der Waals surface area contributed by atoms with Gasteiger partial charge < -0.3 is 10.2 Å². The SMILES string of the molecule is CNC1CCCc2sc(N3CCC4CCCCC4C3)nc21. The molecule has 0 aromatic carbocycles. The quantitative estimate of drug-likeness (QED) is 0.902. The highest BCUT2D eigenvalue weighted by Gasteiger charge is 2.33. The van der Waals surface area contributed by atoms with Gasteiger partial charge in [-0.3, -0.25) is 0 Å². The molecule has 0 amide bonds. The highest BCUT2D eigenvalue weighted by molar-refractivity contribution is 7.15. The molecule has 3 nitrogen and oxygen atoms in total. The van der Waals surface area contributed by atoms with Crippen LogP contribution in [0.25, 0.3) is 0 Å². The van der Waals surface area contributed by atoms with E-state index in [0.29, 0.717) is 6.04 Å². The van der Waals surface area contributed by atoms with Crippen molar-refractivity contribution in [1.29, 1.82) is 0 Å². The van der Waals surface area contributed by atoms with Gasteiger partial charge in [0.15, 0.2) is 5.13 Å². The fourth-order valence-corrected chi connectivity index (χ4v) is 5.79. The third-order valence-electron chi connectivity index (χ3n) is 5.85. The van der Waals surface area contributed by atoms with Crippen LogP contribution in [0.2, 0.25) is 0 Å². The molecule has 2 heterocycles. The standard InChI is InChI=1S/C17H27N3S/c1-18-14-7-4-8-15-16(14)19-17(21-15)20-10-9-12-5-2-3-6-13(12)11-20/h12-14,18H,2-11H2,1H3. The van der Waals surface area contributed by atoms with Crippen molar-refractivity contribution >= 4 is 16.5 Å². The number of aryl methyl sites for hydroxylation is 1. The lowest BCUT2D eigenvalue weighted by atomic mass is 9.75. The summed E-state index contributed by atoms with van der Waals surface area (Å²) in [4.78, 5) is 9.19. The number of nitrogens with zero attached hydrogens (tertiary/aromatic N) is 2. The topological polar surface area (TPSA) is 28.2 Å². The van der Waals surface area contributed by atoms with Crippen LogP contribution in [0.5, 0.6) is 0 Å². The Morgan fingerprint density at radius 3 is 2.81 bits per heavy atom. The summed E-state index contributed by atoms with van der Waals surface area (Å²) in [6, 6.07) is 0.492. The Morgan fingerprint density at radius 2 is 1.95 bits per heavy atom. The molecule has 0 bridgehead atoms. The second-order valence-electron chi connectivity index (χ2n) is 7.08. The first-order valence-electron chi connectivity index (χ1n) is 8.77. The van der Waals surface area contributed by atoms with Gasteiger partial charge >= 0.3 is 0 Å². The smallest absolute Gasteiger partial charge is 0.185 e. The maximum absolute atomic E-state index is 5.05. The Balaban J connectivity index is 1.53. The van der Waals surface area contributed by atoms with E-state index >= 15 is 0 Å². The second-order valence-corrected chi connectivity index (χ2v) is 8.14. The molecule has 4 heteroatoms. The molecule has 3 unspecified atom stereocenters. The van der Waals surface area contributed by atoms with Crippen molar-refractivity contribution in [2.45, 2.75) is 57.4 Å². The first-order chi connectivity index (χ1) is 10.3. The van der Waals surface area contributed by atoms with Crippen LogP contribution in [0.1, 0.15) is 61.6 Å². The maximum atomic E-state index is 5.05. The highest BCUT2D eigenvalue weighted by atomic mass is 32.1. The fraction of sp³-hybridized carbons (Fsp3) is 0.824. The molecule has 2 fully saturated rings. The van der Waals surface area contributed by atoms with E-state index in [2.05, 4.69) is 17.3 Å². The number of aromatic nitrogens is 1. The molecule has 21 heavy (non-hydrogen) atoms. The number of nitrogens with one attached hydrogen (secondary N) is 1. The zero-order chi connectivity index (χ0) is 14.2. The van der Waals surface area contributed by atoms with Crippen LogP contribution in [0.15, 0.2) is 0 Å². The van der Waals surface area contributed by atoms with Crippen molar-refractivity contribution < 1.29 is 0 Å². The lowest BCUT2D eigenvalue weighted by molar-refractivity contribution is 0.202. The van der Waals surface area contributed by atoms with Gasteiger partial charge in [-0.1, -0.05) is 19.3 Å². The number of hydrogen-bond donors (Lipinski definition) is 1. The molecule has 1 saturated heterocycles. The molecule has 1 saturated carbocycles. The molecule has 2 aliphatic carbocycles. The van der Waals surface area contributed by atoms with E-state index in [-0.39, 0.29) is 0 Å². The van der Waals surface area contributed by atoms with Gasteiger partial charge in [0.05, 0.1) is 11.7 Å². The zero-order valence-electron chi connectivity index (χ0n) is 13.1. The summed E-state index contributed by atoms with van der Waals surface area (Å²) in [5, 5.41) is 4.76. The first-order valence-corrected chi connectivity index (χ1v) is 9.58. The van der Waals surface area contributed by atoms with Crippen molar-refractivity contribution in [1.82, 2.24) is 10.3 Å². The Kier molecular flexibility index (Phi) is 3.92. The Morgan fingerprint density at radius 1 is 1.10 bits per heavy atom. The summed E-state index contributed by atoms with van der Waals surface area (Å²) in [5.41, 5.74) is 1.36. The summed E-state index contributed by atoms with van der Waals surface area (Å²) in [5.74, 6) is 1.95. The number of fused-ring (bicyclic) bond motifs is 2. The monoisotopic (exact) mass is 305 g/mol. The van der Waals surface area contributed by atoms with E-state index in [1.54, 1.807) is 4.88 Å². The number of anilines is 1. The summed E-state index contributed by atoms with van der Waals surface area (Å²) in [6.45, 7) is 2.50. The van der Waals surface area contributed by atoms with Crippen LogP contribution in [0, 0.1) is 11.8 Å². The summed E-state index contributed by atoms with van der Waals surface area (Å²) in [6.07, 6.45) is 11.0. The molecule has 1 N–H and O–H groups in total. The van der Waals surface area contributed by atoms with Crippen LogP contribution in [0.3, 0.4) is 0 Å². The van der Waals surface area contributed by atoms with Gasteiger partial charge in [-0.15, -0.1) is 11.3 Å². The molecule has 3 aliphatic rings. The van der Waals surface area contributed by atoms with Gasteiger partial charge in [-0.25, -0.2) is 4.98 Å². The highest BCUT2D eigenvalue weighted by Crippen LogP contribution is 2.41. The summed E-state index contributed by atoms with van der Waals surface area (Å²) in [7, 11) is 2.08. The zero-order valence-corrected chi connectivity index (χ0v) is 13.9. The van der Waals surface area contributed by atoms with E-state index in [4.69, 9.17) is 4.98 Å². The van der Waals surface area contributed by atoms with Crippen molar-refractivity contribution in [3.05, 3.63) is 10.6 Å². The number of thiazole rings is 1. The Hall–Kier alpha value is -0.610. The molecule has 0 radical (unpaired) electrons. The van der Waals surface area contributed by atoms with Crippen molar-refractivity contribution in [3.8, 4) is 0 Å². The molecule has 1 aliphatic heterocycles. The van der Waals surface area contributed by atoms with Crippen LogP contribution >= 0.6 is 11.3 Å². The van der Waals surface area contributed by atoms with Crippen LogP contribution < -0.4 is 10.2 Å². The van der Waals surface area contributed by atoms with E-state index in [1.165, 1.54) is 75.3 Å². The number of rotatable bonds is 2. The Bertz CT molecular complexity index is 498. The predicted octanol–water partition coefficient (Wildman–Crippen LogP) is 3.76. The average Bonchev–Trinajstić information content (AvgIpc) is 2.98. The molecule has 3 atom stereocenters. The molecular formula is C17H27N3S. The molecular weight excluding hydrogens is 278 g/mol. The van der Waals surface area contributed by atoms with Gasteiger partial charge in [-0.2, -0.15) is 0 Å². The van der Waals surface area contributed by atoms with Crippen LogP contribution in [-0.4, -0.2) is 25.1 Å². The minimum Gasteiger partial charge on any atom is -0.348 e. The van der Waals surface area contributed by atoms with Gasteiger partial charge in [0.1, 0.15) is 0 Å². The third kappa shape index (κ3) is 2.61. The first kappa shape index (κ1) is 14.0. The third-order valence-corrected chi connectivity index (χ3v) is 7.04. The molecule has 1 aromatic rings. The number of piperidine rings is 1. The average molecular weight is 305 g/mol. The van der Waals surface area contributed by atoms with Gasteiger partial charge in [0, 0.05) is 18.0 Å². The van der Waals surface area contributed by atoms with Crippen molar-refractivity contribution in [2.24, 2.45) is 11.8 Å². The normalized spacial score (nSPS) is 32.6. The minimum absolute atomic E-state index is 0.492. The lowest BCUT2D eigenvalue weighted by Crippen LogP contribution is -2.41. The maximum Gasteiger partial charge on any atom is 0.185 e. The van der Waals surface area contributed by atoms with Gasteiger partial charge in [0.2, 0.25) is 0 Å². The van der Waals surface area contributed by atoms with Crippen LogP contribution in [-0.2, 0) is 6.42 Å². The number of hydrogen-bond acceptors (Lipinski definition) is 4. The van der Waals surface area contributed by atoms with E-state index in [0.717, 1.165) is 11.8 Å². The van der Waals surface area contributed by atoms with Gasteiger partial charge in [0.25, 0.3) is 0 Å². The molecule has 4 rings (SSSR count). The van der Waals surface area contributed by atoms with Crippen molar-refractivity contribution in [3.63, 3.8) is 0 Å². The summed E-state index contributed by atoms with van der Waals surface area (Å²) >= 11 is 1.98. The van der Waals surface area contributed by atoms with Crippen molar-refractivity contribution in [2.75, 3.05) is 25.0 Å². The summed E-state index contributed by atoms with van der Waals surface area (Å²) < 4.78 is 0. The lowest BCUT2D eigenvalue weighted by Gasteiger charge is -2.41. The largest absolute Gasteiger partial charge is 0.348 e. The molecule has 116 valence electrons. The van der Waals surface area contributed by atoms with Crippen LogP contribution in [0.4, 0.5) is 5.13 Å². The van der Waals surface area contributed by atoms with Gasteiger partial charge in [-0.05, 0) is 51.0 Å².